The lowest BCUT2D eigenvalue weighted by atomic mass is 10.1. The molecule has 0 fully saturated rings. The van der Waals surface area contributed by atoms with Gasteiger partial charge in [0.05, 0.1) is 11.3 Å². The van der Waals surface area contributed by atoms with Crippen LogP contribution in [-0.2, 0) is 0 Å². The minimum absolute atomic E-state index is 0.00975. The van der Waals surface area contributed by atoms with Crippen LogP contribution in [0.1, 0.15) is 21.0 Å². The van der Waals surface area contributed by atoms with E-state index in [2.05, 4.69) is 15.0 Å². The quantitative estimate of drug-likeness (QED) is 0.391. The summed E-state index contributed by atoms with van der Waals surface area (Å²) in [6, 6.07) is 8.79. The fourth-order valence-electron chi connectivity index (χ4n) is 2.86. The summed E-state index contributed by atoms with van der Waals surface area (Å²) in [6.45, 7) is 0. The van der Waals surface area contributed by atoms with Gasteiger partial charge in [0.2, 0.25) is 0 Å². The fourth-order valence-corrected chi connectivity index (χ4v) is 3.68. The van der Waals surface area contributed by atoms with Gasteiger partial charge >= 0.3 is 5.63 Å². The Hall–Kier alpha value is -3.72. The van der Waals surface area contributed by atoms with Crippen molar-refractivity contribution in [2.24, 2.45) is 0 Å². The number of carbonyl (C=O) groups excluding carboxylic acids is 2. The molecule has 2 amide bonds. The predicted octanol–water partition coefficient (Wildman–Crippen LogP) is 2.51. The molecule has 0 spiro atoms. The standard InChI is InChI=1S/C18H8N4O4S/c23-15-13-14(20-6-5-19-13)16(24)22(15)18-21-11(8-27-18)10-7-9-3-1-2-4-12(9)26-17(10)25/h1-8H. The smallest absolute Gasteiger partial charge is 0.345 e. The van der Waals surface area contributed by atoms with Gasteiger partial charge in [0.25, 0.3) is 11.8 Å². The van der Waals surface area contributed by atoms with E-state index in [0.717, 1.165) is 21.6 Å². The lowest BCUT2D eigenvalue weighted by Gasteiger charge is -2.08. The number of rotatable bonds is 2. The number of nitrogens with zero attached hydrogens (tertiary/aromatic N) is 4. The van der Waals surface area contributed by atoms with Gasteiger partial charge < -0.3 is 4.42 Å². The zero-order chi connectivity index (χ0) is 18.5. The van der Waals surface area contributed by atoms with E-state index in [9.17, 15) is 14.4 Å². The molecule has 0 radical (unpaired) electrons. The van der Waals surface area contributed by atoms with E-state index < -0.39 is 17.4 Å². The molecule has 1 aliphatic heterocycles. The number of amides is 2. The van der Waals surface area contributed by atoms with Crippen LogP contribution >= 0.6 is 11.3 Å². The Morgan fingerprint density at radius 2 is 1.67 bits per heavy atom. The summed E-state index contributed by atoms with van der Waals surface area (Å²) >= 11 is 1.07. The average molecular weight is 376 g/mol. The molecule has 0 atom stereocenters. The Kier molecular flexibility index (Phi) is 3.25. The van der Waals surface area contributed by atoms with Crippen molar-refractivity contribution < 1.29 is 14.0 Å². The average Bonchev–Trinajstić information content (AvgIpc) is 3.25. The van der Waals surface area contributed by atoms with Gasteiger partial charge in [0.15, 0.2) is 16.5 Å². The topological polar surface area (TPSA) is 106 Å². The molecular weight excluding hydrogens is 368 g/mol. The molecule has 4 aromatic rings. The second-order valence-electron chi connectivity index (χ2n) is 5.70. The van der Waals surface area contributed by atoms with Gasteiger partial charge in [-0.05, 0) is 12.1 Å². The van der Waals surface area contributed by atoms with Gasteiger partial charge in [-0.3, -0.25) is 9.59 Å². The lowest BCUT2D eigenvalue weighted by Crippen LogP contribution is -2.29. The first-order chi connectivity index (χ1) is 13.1. The number of anilines is 1. The van der Waals surface area contributed by atoms with E-state index in [0.29, 0.717) is 11.3 Å². The van der Waals surface area contributed by atoms with Crippen LogP contribution in [0.5, 0.6) is 0 Å². The van der Waals surface area contributed by atoms with Crippen molar-refractivity contribution in [3.05, 3.63) is 69.9 Å². The lowest BCUT2D eigenvalue weighted by molar-refractivity contribution is 0.0923. The summed E-state index contributed by atoms with van der Waals surface area (Å²) in [5, 5.41) is 2.49. The Bertz CT molecular complexity index is 1270. The minimum Gasteiger partial charge on any atom is -0.422 e. The number of fused-ring (bicyclic) bond motifs is 2. The van der Waals surface area contributed by atoms with Gasteiger partial charge in [-0.1, -0.05) is 18.2 Å². The molecule has 130 valence electrons. The molecule has 4 heterocycles. The second kappa shape index (κ2) is 5.64. The zero-order valence-corrected chi connectivity index (χ0v) is 14.3. The number of hydrogen-bond donors (Lipinski definition) is 0. The van der Waals surface area contributed by atoms with Crippen LogP contribution in [0, 0.1) is 0 Å². The zero-order valence-electron chi connectivity index (χ0n) is 13.4. The molecule has 1 aliphatic rings. The van der Waals surface area contributed by atoms with Crippen molar-refractivity contribution in [1.82, 2.24) is 15.0 Å². The molecular formula is C18H8N4O4S. The normalized spacial score (nSPS) is 13.4. The first-order valence-corrected chi connectivity index (χ1v) is 8.70. The number of thiazole rings is 1. The predicted molar refractivity (Wildman–Crippen MR) is 96.8 cm³/mol. The van der Waals surface area contributed by atoms with E-state index in [1.165, 1.54) is 12.4 Å². The number of aromatic nitrogens is 3. The maximum absolute atomic E-state index is 12.5. The van der Waals surface area contributed by atoms with Crippen molar-refractivity contribution in [2.75, 3.05) is 4.90 Å². The summed E-state index contributed by atoms with van der Waals surface area (Å²) in [5.41, 5.74) is 0.486. The summed E-state index contributed by atoms with van der Waals surface area (Å²) in [7, 11) is 0. The van der Waals surface area contributed by atoms with Crippen molar-refractivity contribution in [2.45, 2.75) is 0 Å². The fraction of sp³-hybridized carbons (Fsp3) is 0. The number of carbonyl (C=O) groups is 2. The van der Waals surface area contributed by atoms with E-state index in [-0.39, 0.29) is 22.1 Å². The Labute approximate surface area is 154 Å². The van der Waals surface area contributed by atoms with Crippen molar-refractivity contribution in [1.29, 1.82) is 0 Å². The first kappa shape index (κ1) is 15.5. The summed E-state index contributed by atoms with van der Waals surface area (Å²) in [6.07, 6.45) is 2.70. The molecule has 27 heavy (non-hydrogen) atoms. The van der Waals surface area contributed by atoms with Crippen LogP contribution < -0.4 is 10.5 Å². The Morgan fingerprint density at radius 3 is 2.41 bits per heavy atom. The summed E-state index contributed by atoms with van der Waals surface area (Å²) < 4.78 is 5.32. The largest absolute Gasteiger partial charge is 0.422 e. The maximum Gasteiger partial charge on any atom is 0.345 e. The monoisotopic (exact) mass is 376 g/mol. The van der Waals surface area contributed by atoms with E-state index >= 15 is 0 Å². The molecule has 0 unspecified atom stereocenters. The number of para-hydroxylation sites is 1. The Balaban J connectivity index is 1.59. The van der Waals surface area contributed by atoms with E-state index in [4.69, 9.17) is 4.42 Å². The van der Waals surface area contributed by atoms with Gasteiger partial charge in [-0.15, -0.1) is 11.3 Å². The molecule has 1 aromatic carbocycles. The first-order valence-electron chi connectivity index (χ1n) is 7.82. The molecule has 0 saturated carbocycles. The SMILES string of the molecule is O=C1c2nccnc2C(=O)N1c1nc(-c2cc3ccccc3oc2=O)cs1. The number of hydrogen-bond acceptors (Lipinski definition) is 8. The van der Waals surface area contributed by atoms with E-state index in [1.807, 2.05) is 12.1 Å². The molecule has 8 nitrogen and oxygen atoms in total. The van der Waals surface area contributed by atoms with Crippen molar-refractivity contribution in [3.63, 3.8) is 0 Å². The van der Waals surface area contributed by atoms with Gasteiger partial charge in [0, 0.05) is 23.2 Å². The second-order valence-corrected chi connectivity index (χ2v) is 6.54. The third-order valence-corrected chi connectivity index (χ3v) is 4.94. The van der Waals surface area contributed by atoms with Gasteiger partial charge in [-0.2, -0.15) is 0 Å². The maximum atomic E-state index is 12.5. The third-order valence-electron chi connectivity index (χ3n) is 4.11. The number of imide groups is 1. The highest BCUT2D eigenvalue weighted by molar-refractivity contribution is 7.14. The van der Waals surface area contributed by atoms with Crippen LogP contribution in [0.3, 0.4) is 0 Å². The van der Waals surface area contributed by atoms with Crippen LogP contribution in [0.25, 0.3) is 22.2 Å². The van der Waals surface area contributed by atoms with Crippen LogP contribution in [0.4, 0.5) is 5.13 Å². The minimum atomic E-state index is -0.588. The highest BCUT2D eigenvalue weighted by Gasteiger charge is 2.40. The van der Waals surface area contributed by atoms with Crippen LogP contribution in [-0.4, -0.2) is 26.8 Å². The molecule has 0 saturated heterocycles. The number of benzene rings is 1. The third kappa shape index (κ3) is 2.29. The highest BCUT2D eigenvalue weighted by Crippen LogP contribution is 2.31. The van der Waals surface area contributed by atoms with Gasteiger partial charge in [0.1, 0.15) is 5.58 Å². The molecule has 9 heteroatoms. The molecule has 0 aliphatic carbocycles. The highest BCUT2D eigenvalue weighted by atomic mass is 32.1. The van der Waals surface area contributed by atoms with Crippen molar-refractivity contribution in [3.8, 4) is 11.3 Å². The molecule has 0 N–H and O–H groups in total. The molecule has 5 rings (SSSR count). The summed E-state index contributed by atoms with van der Waals surface area (Å²) in [4.78, 5) is 50.3. The van der Waals surface area contributed by atoms with E-state index in [1.54, 1.807) is 23.6 Å². The van der Waals surface area contributed by atoms with Gasteiger partial charge in [-0.25, -0.2) is 24.6 Å². The van der Waals surface area contributed by atoms with Crippen LogP contribution in [0.15, 0.2) is 57.3 Å². The van der Waals surface area contributed by atoms with Crippen molar-refractivity contribution >= 4 is 39.3 Å². The molecule has 3 aromatic heterocycles. The Morgan fingerprint density at radius 1 is 0.963 bits per heavy atom. The summed E-state index contributed by atoms with van der Waals surface area (Å²) in [5.74, 6) is -1.18. The van der Waals surface area contributed by atoms with Crippen LogP contribution in [0.2, 0.25) is 0 Å². The molecule has 0 bridgehead atoms.